The van der Waals surface area contributed by atoms with Crippen molar-refractivity contribution in [3.63, 3.8) is 0 Å². The van der Waals surface area contributed by atoms with Crippen LogP contribution in [0.4, 0.5) is 0 Å². The van der Waals surface area contributed by atoms with E-state index in [1.165, 1.54) is 5.56 Å². The van der Waals surface area contributed by atoms with Gasteiger partial charge >= 0.3 is 0 Å². The molecule has 0 aliphatic carbocycles. The van der Waals surface area contributed by atoms with Crippen molar-refractivity contribution in [3.05, 3.63) is 94.7 Å². The smallest absolute Gasteiger partial charge is 0.222 e. The maximum Gasteiger partial charge on any atom is 0.222 e. The molecule has 3 aromatic rings. The van der Waals surface area contributed by atoms with Gasteiger partial charge < -0.3 is 9.47 Å². The molecule has 0 N–H and O–H groups in total. The Balaban J connectivity index is 1.48. The Morgan fingerprint density at radius 3 is 2.79 bits per heavy atom. The standard InChI is InChI=1S/C23H20N2O2S/c1-2-13-26-17-11-9-16(10-12-17)19-15-20-18-6-3-4-7-21(18)27-23(25(20)24-19)22-8-5-14-28-22/h2-12,14,20,23H,1,13,15H2/t20-,23-/m0/s1. The molecule has 0 unspecified atom stereocenters. The van der Waals surface area contributed by atoms with Crippen LogP contribution in [0.3, 0.4) is 0 Å². The second-order valence-corrected chi connectivity index (χ2v) is 7.77. The third-order valence-electron chi connectivity index (χ3n) is 5.04. The zero-order valence-electron chi connectivity index (χ0n) is 15.3. The number of para-hydroxylation sites is 1. The molecule has 1 aromatic heterocycles. The van der Waals surface area contributed by atoms with Crippen molar-refractivity contribution >= 4 is 17.0 Å². The molecule has 2 atom stereocenters. The lowest BCUT2D eigenvalue weighted by Crippen LogP contribution is -2.33. The van der Waals surface area contributed by atoms with Crippen LogP contribution in [-0.4, -0.2) is 17.3 Å². The number of hydrogen-bond donors (Lipinski definition) is 0. The van der Waals surface area contributed by atoms with Gasteiger partial charge in [-0.1, -0.05) is 36.9 Å². The van der Waals surface area contributed by atoms with Gasteiger partial charge in [0.15, 0.2) is 0 Å². The van der Waals surface area contributed by atoms with Crippen LogP contribution in [0, 0.1) is 0 Å². The highest BCUT2D eigenvalue weighted by molar-refractivity contribution is 7.10. The highest BCUT2D eigenvalue weighted by Crippen LogP contribution is 2.48. The van der Waals surface area contributed by atoms with Gasteiger partial charge in [0.05, 0.1) is 16.6 Å². The molecule has 5 rings (SSSR count). The molecule has 2 aliphatic heterocycles. The third kappa shape index (κ3) is 2.98. The fourth-order valence-corrected chi connectivity index (χ4v) is 4.47. The summed E-state index contributed by atoms with van der Waals surface area (Å²) in [6, 6.07) is 20.8. The summed E-state index contributed by atoms with van der Waals surface area (Å²) >= 11 is 1.70. The van der Waals surface area contributed by atoms with E-state index in [0.29, 0.717) is 6.61 Å². The first kappa shape index (κ1) is 17.1. The van der Waals surface area contributed by atoms with E-state index in [0.717, 1.165) is 34.1 Å². The Labute approximate surface area is 168 Å². The molecule has 5 heteroatoms. The average molecular weight is 388 g/mol. The number of rotatable bonds is 5. The number of nitrogens with zero attached hydrogens (tertiary/aromatic N) is 2. The van der Waals surface area contributed by atoms with Crippen LogP contribution in [0.25, 0.3) is 0 Å². The van der Waals surface area contributed by atoms with E-state index < -0.39 is 0 Å². The predicted molar refractivity (Wildman–Crippen MR) is 112 cm³/mol. The van der Waals surface area contributed by atoms with Crippen molar-refractivity contribution in [2.45, 2.75) is 18.7 Å². The van der Waals surface area contributed by atoms with E-state index in [2.05, 4.69) is 59.4 Å². The monoisotopic (exact) mass is 388 g/mol. The van der Waals surface area contributed by atoms with E-state index in [-0.39, 0.29) is 12.3 Å². The highest BCUT2D eigenvalue weighted by Gasteiger charge is 2.41. The summed E-state index contributed by atoms with van der Waals surface area (Å²) in [6.45, 7) is 4.19. The first-order valence-corrected chi connectivity index (χ1v) is 10.2. The molecular formula is C23H20N2O2S. The predicted octanol–water partition coefficient (Wildman–Crippen LogP) is 5.56. The lowest BCUT2D eigenvalue weighted by atomic mass is 9.96. The van der Waals surface area contributed by atoms with Crippen LogP contribution in [0.15, 0.2) is 83.8 Å². The topological polar surface area (TPSA) is 34.1 Å². The lowest BCUT2D eigenvalue weighted by molar-refractivity contribution is -0.0165. The normalized spacial score (nSPS) is 20.0. The fraction of sp³-hybridized carbons (Fsp3) is 0.174. The second kappa shape index (κ2) is 7.17. The van der Waals surface area contributed by atoms with Crippen LogP contribution < -0.4 is 9.47 Å². The molecule has 0 fully saturated rings. The fourth-order valence-electron chi connectivity index (χ4n) is 3.73. The van der Waals surface area contributed by atoms with Gasteiger partial charge in [0.2, 0.25) is 6.23 Å². The number of benzene rings is 2. The largest absolute Gasteiger partial charge is 0.490 e. The molecule has 0 radical (unpaired) electrons. The first-order valence-electron chi connectivity index (χ1n) is 9.32. The van der Waals surface area contributed by atoms with E-state index in [1.54, 1.807) is 17.4 Å². The van der Waals surface area contributed by atoms with Crippen molar-refractivity contribution in [2.75, 3.05) is 6.61 Å². The summed E-state index contributed by atoms with van der Waals surface area (Å²) in [4.78, 5) is 1.16. The molecule has 0 saturated heterocycles. The molecular weight excluding hydrogens is 368 g/mol. The van der Waals surface area contributed by atoms with E-state index >= 15 is 0 Å². The van der Waals surface area contributed by atoms with Crippen molar-refractivity contribution in [3.8, 4) is 11.5 Å². The van der Waals surface area contributed by atoms with Gasteiger partial charge in [-0.15, -0.1) is 11.3 Å². The minimum absolute atomic E-state index is 0.184. The lowest BCUT2D eigenvalue weighted by Gasteiger charge is -2.37. The SMILES string of the molecule is C=CCOc1ccc(C2=NN3[C@@H](C2)c2ccccc2O[C@H]3c2cccs2)cc1. The van der Waals surface area contributed by atoms with Gasteiger partial charge in [-0.3, -0.25) is 0 Å². The van der Waals surface area contributed by atoms with Crippen molar-refractivity contribution < 1.29 is 9.47 Å². The first-order chi connectivity index (χ1) is 13.8. The minimum Gasteiger partial charge on any atom is -0.490 e. The van der Waals surface area contributed by atoms with Crippen LogP contribution in [0.2, 0.25) is 0 Å². The van der Waals surface area contributed by atoms with Crippen molar-refractivity contribution in [2.24, 2.45) is 5.10 Å². The average Bonchev–Trinajstić information content (AvgIpc) is 3.42. The Hall–Kier alpha value is -3.05. The summed E-state index contributed by atoms with van der Waals surface area (Å²) in [5, 5.41) is 9.18. The van der Waals surface area contributed by atoms with Crippen LogP contribution in [-0.2, 0) is 0 Å². The van der Waals surface area contributed by atoms with Crippen LogP contribution in [0.1, 0.15) is 34.7 Å². The van der Waals surface area contributed by atoms with E-state index in [1.807, 2.05) is 18.2 Å². The summed E-state index contributed by atoms with van der Waals surface area (Å²) in [5.74, 6) is 1.79. The number of fused-ring (bicyclic) bond motifs is 3. The summed E-state index contributed by atoms with van der Waals surface area (Å²) in [7, 11) is 0. The Morgan fingerprint density at radius 1 is 1.14 bits per heavy atom. The molecule has 140 valence electrons. The van der Waals surface area contributed by atoms with Crippen LogP contribution in [0.5, 0.6) is 11.5 Å². The number of thiophene rings is 1. The van der Waals surface area contributed by atoms with Gasteiger partial charge in [0, 0.05) is 12.0 Å². The number of hydrogen-bond acceptors (Lipinski definition) is 5. The molecule has 2 aromatic carbocycles. The zero-order chi connectivity index (χ0) is 18.9. The molecule has 28 heavy (non-hydrogen) atoms. The summed E-state index contributed by atoms with van der Waals surface area (Å²) in [6.07, 6.45) is 2.41. The van der Waals surface area contributed by atoms with Crippen molar-refractivity contribution in [1.29, 1.82) is 0 Å². The quantitative estimate of drug-likeness (QED) is 0.537. The number of hydrazone groups is 1. The van der Waals surface area contributed by atoms with Gasteiger partial charge in [-0.2, -0.15) is 5.10 Å². The summed E-state index contributed by atoms with van der Waals surface area (Å²) < 4.78 is 11.9. The van der Waals surface area contributed by atoms with Gasteiger partial charge in [0.25, 0.3) is 0 Å². The summed E-state index contributed by atoms with van der Waals surface area (Å²) in [5.41, 5.74) is 3.38. The minimum atomic E-state index is -0.187. The molecule has 0 spiro atoms. The van der Waals surface area contributed by atoms with E-state index in [4.69, 9.17) is 14.6 Å². The zero-order valence-corrected chi connectivity index (χ0v) is 16.1. The highest BCUT2D eigenvalue weighted by atomic mass is 32.1. The van der Waals surface area contributed by atoms with Gasteiger partial charge in [-0.25, -0.2) is 5.01 Å². The van der Waals surface area contributed by atoms with Crippen molar-refractivity contribution in [1.82, 2.24) is 5.01 Å². The molecule has 4 nitrogen and oxygen atoms in total. The Kier molecular flexibility index (Phi) is 4.37. The molecule has 0 amide bonds. The maximum atomic E-state index is 6.34. The van der Waals surface area contributed by atoms with Gasteiger partial charge in [0.1, 0.15) is 18.1 Å². The van der Waals surface area contributed by atoms with E-state index in [9.17, 15) is 0 Å². The second-order valence-electron chi connectivity index (χ2n) is 6.79. The van der Waals surface area contributed by atoms with Gasteiger partial charge in [-0.05, 0) is 47.3 Å². The number of ether oxygens (including phenoxy) is 2. The van der Waals surface area contributed by atoms with Crippen LogP contribution >= 0.6 is 11.3 Å². The maximum absolute atomic E-state index is 6.34. The molecule has 2 aliphatic rings. The molecule has 0 bridgehead atoms. The molecule has 0 saturated carbocycles. The third-order valence-corrected chi connectivity index (χ3v) is 5.94. The Morgan fingerprint density at radius 2 is 2.00 bits per heavy atom. The molecule has 3 heterocycles. The Bertz CT molecular complexity index is 1010.